The maximum Gasteiger partial charge on any atom is 0.385 e. The van der Waals surface area contributed by atoms with Gasteiger partial charge in [-0.3, -0.25) is 0 Å². The van der Waals surface area contributed by atoms with Crippen molar-refractivity contribution in [1.29, 1.82) is 0 Å². The fraction of sp³-hybridized carbons (Fsp3) is 0.800. The summed E-state index contributed by atoms with van der Waals surface area (Å²) < 4.78 is 118. The van der Waals surface area contributed by atoms with Crippen LogP contribution in [0.1, 0.15) is 20.8 Å². The minimum Gasteiger partial charge on any atom is -0.205 e. The molecule has 0 fully saturated rings. The van der Waals surface area contributed by atoms with E-state index in [1.807, 2.05) is 0 Å². The van der Waals surface area contributed by atoms with Crippen molar-refractivity contribution in [3.05, 3.63) is 11.4 Å². The van der Waals surface area contributed by atoms with Crippen LogP contribution in [0.25, 0.3) is 0 Å². The molecule has 0 aromatic rings. The first-order valence-corrected chi connectivity index (χ1v) is 4.95. The van der Waals surface area contributed by atoms with Crippen LogP contribution in [0.3, 0.4) is 0 Å². The van der Waals surface area contributed by atoms with Crippen LogP contribution in [0, 0.1) is 5.41 Å². The highest BCUT2D eigenvalue weighted by atomic mass is 19.4. The highest BCUT2D eigenvalue weighted by Gasteiger charge is 2.87. The van der Waals surface area contributed by atoms with Crippen molar-refractivity contribution in [1.82, 2.24) is 0 Å². The smallest absolute Gasteiger partial charge is 0.205 e. The minimum atomic E-state index is -6.53. The number of hydrogen-bond acceptors (Lipinski definition) is 0. The zero-order valence-electron chi connectivity index (χ0n) is 9.90. The van der Waals surface area contributed by atoms with Gasteiger partial charge in [-0.2, -0.15) is 35.1 Å². The summed E-state index contributed by atoms with van der Waals surface area (Å²) in [7, 11) is 0. The molecule has 0 aliphatic heterocycles. The summed E-state index contributed by atoms with van der Waals surface area (Å²) in [6.07, 6.45) is 0. The van der Waals surface area contributed by atoms with E-state index in [2.05, 4.69) is 0 Å². The van der Waals surface area contributed by atoms with Crippen molar-refractivity contribution in [2.24, 2.45) is 5.41 Å². The van der Waals surface area contributed by atoms with E-state index < -0.39 is 40.5 Å². The van der Waals surface area contributed by atoms with Crippen molar-refractivity contribution < 1.29 is 39.5 Å². The van der Waals surface area contributed by atoms with Crippen molar-refractivity contribution in [3.63, 3.8) is 0 Å². The van der Waals surface area contributed by atoms with Crippen molar-refractivity contribution in [2.75, 3.05) is 0 Å². The second-order valence-corrected chi connectivity index (χ2v) is 5.24. The van der Waals surface area contributed by atoms with Crippen LogP contribution in [0.4, 0.5) is 39.5 Å². The lowest BCUT2D eigenvalue weighted by atomic mass is 9.73. The molecule has 1 aliphatic carbocycles. The highest BCUT2D eigenvalue weighted by molar-refractivity contribution is 5.38. The molecular formula is C10H9F9. The van der Waals surface area contributed by atoms with Gasteiger partial charge in [0, 0.05) is 5.57 Å². The van der Waals surface area contributed by atoms with Gasteiger partial charge in [-0.05, 0) is 5.41 Å². The fourth-order valence-corrected chi connectivity index (χ4v) is 1.78. The Bertz CT molecular complexity index is 425. The third-order valence-electron chi connectivity index (χ3n) is 2.74. The van der Waals surface area contributed by atoms with Crippen LogP contribution in [-0.4, -0.2) is 23.7 Å². The SMILES string of the molecule is CC(C)(C)C1=C(F)C(F)(F)C(F)(F)C(F)(F)C1(F)F. The van der Waals surface area contributed by atoms with Gasteiger partial charge in [0.1, 0.15) is 0 Å². The zero-order chi connectivity index (χ0) is 15.7. The molecule has 0 N–H and O–H groups in total. The van der Waals surface area contributed by atoms with Crippen LogP contribution in [-0.2, 0) is 0 Å². The maximum absolute atomic E-state index is 13.4. The molecule has 0 nitrogen and oxygen atoms in total. The normalized spacial score (nSPS) is 28.4. The van der Waals surface area contributed by atoms with Crippen molar-refractivity contribution in [2.45, 2.75) is 44.5 Å². The average Bonchev–Trinajstić information content (AvgIpc) is 2.12. The molecule has 0 saturated carbocycles. The Hall–Kier alpha value is -0.890. The Labute approximate surface area is 102 Å². The molecule has 0 saturated heterocycles. The molecule has 112 valence electrons. The Kier molecular flexibility index (Phi) is 3.06. The lowest BCUT2D eigenvalue weighted by Gasteiger charge is -2.45. The molecule has 0 atom stereocenters. The highest BCUT2D eigenvalue weighted by Crippen LogP contribution is 2.64. The molecular weight excluding hydrogens is 291 g/mol. The molecule has 1 rings (SSSR count). The third-order valence-corrected chi connectivity index (χ3v) is 2.74. The number of rotatable bonds is 0. The molecule has 0 aromatic carbocycles. The molecule has 0 amide bonds. The topological polar surface area (TPSA) is 0 Å². The van der Waals surface area contributed by atoms with E-state index in [9.17, 15) is 39.5 Å². The summed E-state index contributed by atoms with van der Waals surface area (Å²) in [5.74, 6) is -27.9. The van der Waals surface area contributed by atoms with Crippen molar-refractivity contribution in [3.8, 4) is 0 Å². The van der Waals surface area contributed by atoms with Gasteiger partial charge in [0.2, 0.25) is 0 Å². The van der Waals surface area contributed by atoms with Gasteiger partial charge in [0.25, 0.3) is 0 Å². The van der Waals surface area contributed by atoms with Crippen LogP contribution in [0.5, 0.6) is 0 Å². The summed E-state index contributed by atoms with van der Waals surface area (Å²) >= 11 is 0. The average molecular weight is 300 g/mol. The number of alkyl halides is 8. The molecule has 0 spiro atoms. The van der Waals surface area contributed by atoms with Crippen LogP contribution >= 0.6 is 0 Å². The van der Waals surface area contributed by atoms with Gasteiger partial charge in [-0.15, -0.1) is 0 Å². The van der Waals surface area contributed by atoms with E-state index in [1.54, 1.807) is 0 Å². The quantitative estimate of drug-likeness (QED) is 0.563. The molecule has 1 aliphatic rings. The Morgan fingerprint density at radius 2 is 1.00 bits per heavy atom. The number of hydrogen-bond donors (Lipinski definition) is 0. The summed E-state index contributed by atoms with van der Waals surface area (Å²) in [6.45, 7) is 2.22. The van der Waals surface area contributed by atoms with Gasteiger partial charge >= 0.3 is 23.7 Å². The van der Waals surface area contributed by atoms with Crippen LogP contribution < -0.4 is 0 Å². The van der Waals surface area contributed by atoms with Crippen LogP contribution in [0.15, 0.2) is 11.4 Å². The Balaban J connectivity index is 3.82. The molecule has 0 heterocycles. The summed E-state index contributed by atoms with van der Waals surface area (Å²) in [6, 6.07) is 0. The third kappa shape index (κ3) is 1.69. The number of allylic oxidation sites excluding steroid dienone is 2. The van der Waals surface area contributed by atoms with E-state index in [0.717, 1.165) is 20.8 Å². The summed E-state index contributed by atoms with van der Waals surface area (Å²) in [5.41, 5.74) is -4.50. The van der Waals surface area contributed by atoms with Gasteiger partial charge in [-0.1, -0.05) is 20.8 Å². The lowest BCUT2D eigenvalue weighted by Crippen LogP contribution is -2.67. The van der Waals surface area contributed by atoms with Gasteiger partial charge < -0.3 is 0 Å². The first kappa shape index (κ1) is 16.2. The molecule has 9 heteroatoms. The standard InChI is InChI=1S/C10H9F9/c1-6(2,3)4-5(11)8(14,15)10(18,19)9(16,17)7(4,12)13/h1-3H3. The van der Waals surface area contributed by atoms with E-state index in [-0.39, 0.29) is 0 Å². The first-order chi connectivity index (χ1) is 8.03. The van der Waals surface area contributed by atoms with Gasteiger partial charge in [0.15, 0.2) is 5.83 Å². The Morgan fingerprint density at radius 3 is 1.32 bits per heavy atom. The minimum absolute atomic E-state index is 0.742. The van der Waals surface area contributed by atoms with E-state index in [0.29, 0.717) is 0 Å². The first-order valence-electron chi connectivity index (χ1n) is 4.95. The molecule has 0 unspecified atom stereocenters. The molecule has 19 heavy (non-hydrogen) atoms. The molecule has 0 radical (unpaired) electrons. The summed E-state index contributed by atoms with van der Waals surface area (Å²) in [4.78, 5) is 0. The summed E-state index contributed by atoms with van der Waals surface area (Å²) in [5, 5.41) is 0. The lowest BCUT2D eigenvalue weighted by molar-refractivity contribution is -0.365. The van der Waals surface area contributed by atoms with E-state index in [1.165, 1.54) is 0 Å². The fourth-order valence-electron chi connectivity index (χ4n) is 1.78. The molecule has 0 bridgehead atoms. The predicted molar refractivity (Wildman–Crippen MR) is 47.4 cm³/mol. The second-order valence-electron chi connectivity index (χ2n) is 5.24. The monoisotopic (exact) mass is 300 g/mol. The second kappa shape index (κ2) is 3.60. The zero-order valence-corrected chi connectivity index (χ0v) is 9.90. The Morgan fingerprint density at radius 1 is 0.684 bits per heavy atom. The van der Waals surface area contributed by atoms with E-state index >= 15 is 0 Å². The van der Waals surface area contributed by atoms with Gasteiger partial charge in [0.05, 0.1) is 0 Å². The van der Waals surface area contributed by atoms with Gasteiger partial charge in [-0.25, -0.2) is 4.39 Å². The van der Waals surface area contributed by atoms with Crippen LogP contribution in [0.2, 0.25) is 0 Å². The maximum atomic E-state index is 13.4. The largest absolute Gasteiger partial charge is 0.385 e. The van der Waals surface area contributed by atoms with Crippen molar-refractivity contribution >= 4 is 0 Å². The predicted octanol–water partition coefficient (Wildman–Crippen LogP) is 4.81. The number of halogens is 9. The molecule has 0 aromatic heterocycles. The van der Waals surface area contributed by atoms with E-state index in [4.69, 9.17) is 0 Å².